The third-order valence-electron chi connectivity index (χ3n) is 4.97. The number of nitrogens with two attached hydrogens (primary N) is 1. The van der Waals surface area contributed by atoms with E-state index in [0.717, 1.165) is 36.9 Å². The van der Waals surface area contributed by atoms with Crippen molar-refractivity contribution in [2.75, 3.05) is 5.32 Å². The van der Waals surface area contributed by atoms with Gasteiger partial charge in [0, 0.05) is 30.1 Å². The van der Waals surface area contributed by atoms with Crippen molar-refractivity contribution in [3.8, 4) is 0 Å². The lowest BCUT2D eigenvalue weighted by atomic mass is 9.89. The maximum atomic E-state index is 12.1. The Bertz CT molecular complexity index is 585. The third kappa shape index (κ3) is 4.71. The van der Waals surface area contributed by atoms with Crippen LogP contribution in [0.4, 0.5) is 5.69 Å². The van der Waals surface area contributed by atoms with Crippen molar-refractivity contribution in [2.45, 2.75) is 57.0 Å². The van der Waals surface area contributed by atoms with Gasteiger partial charge in [0.15, 0.2) is 0 Å². The lowest BCUT2D eigenvalue weighted by Crippen LogP contribution is -2.40. The van der Waals surface area contributed by atoms with Gasteiger partial charge in [-0.2, -0.15) is 0 Å². The number of hydrogen-bond acceptors (Lipinski definition) is 3. The maximum Gasteiger partial charge on any atom is 0.227 e. The second kappa shape index (κ2) is 8.49. The van der Waals surface area contributed by atoms with E-state index in [1.54, 1.807) is 0 Å². The molecule has 0 aromatic heterocycles. The molecule has 1 aliphatic carbocycles. The first-order valence-electron chi connectivity index (χ1n) is 8.55. The molecule has 0 bridgehead atoms. The second-order valence-corrected chi connectivity index (χ2v) is 6.77. The van der Waals surface area contributed by atoms with Crippen LogP contribution in [-0.2, 0) is 16.0 Å². The van der Waals surface area contributed by atoms with E-state index in [-0.39, 0.29) is 42.2 Å². The van der Waals surface area contributed by atoms with E-state index in [2.05, 4.69) is 10.6 Å². The molecule has 6 heteroatoms. The molecule has 1 heterocycles. The molecular formula is C18H26ClN3O2. The van der Waals surface area contributed by atoms with Crippen LogP contribution in [0.15, 0.2) is 24.3 Å². The van der Waals surface area contributed by atoms with E-state index in [1.807, 2.05) is 24.3 Å². The van der Waals surface area contributed by atoms with Crippen molar-refractivity contribution < 1.29 is 9.59 Å². The summed E-state index contributed by atoms with van der Waals surface area (Å²) in [6, 6.07) is 8.39. The molecule has 4 N–H and O–H groups in total. The number of anilines is 1. The van der Waals surface area contributed by atoms with Gasteiger partial charge >= 0.3 is 0 Å². The Labute approximate surface area is 149 Å². The van der Waals surface area contributed by atoms with Crippen LogP contribution in [0.25, 0.3) is 0 Å². The highest BCUT2D eigenvalue weighted by Gasteiger charge is 2.27. The van der Waals surface area contributed by atoms with E-state index < -0.39 is 0 Å². The van der Waals surface area contributed by atoms with Gasteiger partial charge in [0.2, 0.25) is 11.8 Å². The monoisotopic (exact) mass is 351 g/mol. The Morgan fingerprint density at radius 2 is 1.92 bits per heavy atom. The fraction of sp³-hybridized carbons (Fsp3) is 0.556. The molecule has 1 saturated carbocycles. The molecule has 1 aromatic carbocycles. The zero-order valence-electron chi connectivity index (χ0n) is 13.8. The summed E-state index contributed by atoms with van der Waals surface area (Å²) in [6.07, 6.45) is 5.60. The molecule has 0 spiro atoms. The first-order chi connectivity index (χ1) is 11.1. The molecule has 132 valence electrons. The van der Waals surface area contributed by atoms with Crippen LogP contribution in [-0.4, -0.2) is 23.9 Å². The molecule has 1 fully saturated rings. The van der Waals surface area contributed by atoms with Crippen molar-refractivity contribution in [1.82, 2.24) is 5.32 Å². The minimum atomic E-state index is -0.115. The maximum absolute atomic E-state index is 12.1. The molecule has 5 nitrogen and oxygen atoms in total. The minimum absolute atomic E-state index is 0. The Kier molecular flexibility index (Phi) is 6.63. The van der Waals surface area contributed by atoms with Gasteiger partial charge in [-0.25, -0.2) is 0 Å². The summed E-state index contributed by atoms with van der Waals surface area (Å²) in [7, 11) is 0. The van der Waals surface area contributed by atoms with Gasteiger partial charge in [-0.15, -0.1) is 12.4 Å². The quantitative estimate of drug-likeness (QED) is 0.778. The SMILES string of the molecule is Cl.NC1CCC(NC(=O)CCC2Cc3ccccc3NC2=O)CC1. The fourth-order valence-electron chi connectivity index (χ4n) is 3.52. The average molecular weight is 352 g/mol. The first-order valence-corrected chi connectivity index (χ1v) is 8.55. The molecule has 1 aliphatic heterocycles. The van der Waals surface area contributed by atoms with Gasteiger partial charge < -0.3 is 16.4 Å². The fourth-order valence-corrected chi connectivity index (χ4v) is 3.52. The number of para-hydroxylation sites is 1. The number of halogens is 1. The Morgan fingerprint density at radius 1 is 1.21 bits per heavy atom. The van der Waals surface area contributed by atoms with Crippen molar-refractivity contribution in [2.24, 2.45) is 11.7 Å². The van der Waals surface area contributed by atoms with E-state index in [9.17, 15) is 9.59 Å². The second-order valence-electron chi connectivity index (χ2n) is 6.77. The standard InChI is InChI=1S/C18H25N3O2.ClH/c19-14-6-8-15(9-7-14)20-17(22)10-5-13-11-12-3-1-2-4-16(12)21-18(13)23;/h1-4,13-15H,5-11,19H2,(H,20,22)(H,21,23);1H. The van der Waals surface area contributed by atoms with Gasteiger partial charge in [-0.05, 0) is 50.2 Å². The van der Waals surface area contributed by atoms with Crippen molar-refractivity contribution in [3.05, 3.63) is 29.8 Å². The van der Waals surface area contributed by atoms with E-state index >= 15 is 0 Å². The van der Waals surface area contributed by atoms with Gasteiger partial charge in [0.25, 0.3) is 0 Å². The number of carbonyl (C=O) groups excluding carboxylic acids is 2. The van der Waals surface area contributed by atoms with E-state index in [0.29, 0.717) is 19.3 Å². The van der Waals surface area contributed by atoms with Crippen molar-refractivity contribution in [3.63, 3.8) is 0 Å². The zero-order chi connectivity index (χ0) is 16.2. The summed E-state index contributed by atoms with van der Waals surface area (Å²) in [6.45, 7) is 0. The molecule has 1 atom stereocenters. The molecule has 0 radical (unpaired) electrons. The largest absolute Gasteiger partial charge is 0.353 e. The zero-order valence-corrected chi connectivity index (χ0v) is 14.6. The molecule has 24 heavy (non-hydrogen) atoms. The Morgan fingerprint density at radius 3 is 2.67 bits per heavy atom. The number of amides is 2. The Hall–Kier alpha value is -1.59. The normalized spacial score (nSPS) is 25.9. The van der Waals surface area contributed by atoms with Crippen molar-refractivity contribution in [1.29, 1.82) is 0 Å². The van der Waals surface area contributed by atoms with E-state index in [1.165, 1.54) is 0 Å². The van der Waals surface area contributed by atoms with Gasteiger partial charge in [-0.1, -0.05) is 18.2 Å². The topological polar surface area (TPSA) is 84.2 Å². The van der Waals surface area contributed by atoms with Crippen LogP contribution in [0.2, 0.25) is 0 Å². The van der Waals surface area contributed by atoms with Crippen LogP contribution in [0.1, 0.15) is 44.1 Å². The number of fused-ring (bicyclic) bond motifs is 1. The summed E-state index contributed by atoms with van der Waals surface area (Å²) in [5.41, 5.74) is 7.93. The van der Waals surface area contributed by atoms with E-state index in [4.69, 9.17) is 5.73 Å². The first kappa shape index (κ1) is 18.7. The molecule has 2 amide bonds. The van der Waals surface area contributed by atoms with Crippen LogP contribution < -0.4 is 16.4 Å². The van der Waals surface area contributed by atoms with Crippen molar-refractivity contribution >= 4 is 29.9 Å². The van der Waals surface area contributed by atoms with Crippen LogP contribution in [0.3, 0.4) is 0 Å². The van der Waals surface area contributed by atoms with Gasteiger partial charge in [0.1, 0.15) is 0 Å². The van der Waals surface area contributed by atoms with Crippen LogP contribution >= 0.6 is 12.4 Å². The molecule has 2 aliphatic rings. The number of carbonyl (C=O) groups is 2. The lowest BCUT2D eigenvalue weighted by molar-refractivity contribution is -0.123. The number of rotatable bonds is 4. The summed E-state index contributed by atoms with van der Waals surface area (Å²) in [5.74, 6) is -0.0345. The summed E-state index contributed by atoms with van der Waals surface area (Å²) < 4.78 is 0. The molecule has 3 rings (SSSR count). The lowest BCUT2D eigenvalue weighted by Gasteiger charge is -2.27. The summed E-state index contributed by atoms with van der Waals surface area (Å²) >= 11 is 0. The molecular weight excluding hydrogens is 326 g/mol. The number of hydrogen-bond donors (Lipinski definition) is 3. The Balaban J connectivity index is 0.00000208. The van der Waals surface area contributed by atoms with Crippen LogP contribution in [0, 0.1) is 5.92 Å². The molecule has 1 aromatic rings. The smallest absolute Gasteiger partial charge is 0.227 e. The highest BCUT2D eigenvalue weighted by Crippen LogP contribution is 2.27. The average Bonchev–Trinajstić information content (AvgIpc) is 2.55. The predicted molar refractivity (Wildman–Crippen MR) is 97.1 cm³/mol. The molecule has 0 saturated heterocycles. The molecule has 1 unspecified atom stereocenters. The van der Waals surface area contributed by atoms with Gasteiger partial charge in [0.05, 0.1) is 0 Å². The number of nitrogens with one attached hydrogen (secondary N) is 2. The van der Waals surface area contributed by atoms with Gasteiger partial charge in [-0.3, -0.25) is 9.59 Å². The predicted octanol–water partition coefficient (Wildman–Crippen LogP) is 2.39. The highest BCUT2D eigenvalue weighted by molar-refractivity contribution is 5.96. The third-order valence-corrected chi connectivity index (χ3v) is 4.97. The highest BCUT2D eigenvalue weighted by atomic mass is 35.5. The summed E-state index contributed by atoms with van der Waals surface area (Å²) in [4.78, 5) is 24.3. The van der Waals surface area contributed by atoms with Crippen LogP contribution in [0.5, 0.6) is 0 Å². The summed E-state index contributed by atoms with van der Waals surface area (Å²) in [5, 5.41) is 6.02. The minimum Gasteiger partial charge on any atom is -0.353 e. The number of benzene rings is 1.